The minimum atomic E-state index is -0.619. The highest BCUT2D eigenvalue weighted by molar-refractivity contribution is 5.80. The van der Waals surface area contributed by atoms with Gasteiger partial charge in [-0.05, 0) is 19.8 Å². The average Bonchev–Trinajstić information content (AvgIpc) is 2.84. The Hall–Kier alpha value is -2.45. The van der Waals surface area contributed by atoms with Crippen LogP contribution in [-0.2, 0) is 57.1 Å². The monoisotopic (exact) mass is 549 g/mol. The first-order valence-corrected chi connectivity index (χ1v) is 12.6. The van der Waals surface area contributed by atoms with Gasteiger partial charge in [-0.25, -0.2) is 4.79 Å². The lowest BCUT2D eigenvalue weighted by Gasteiger charge is -2.20. The van der Waals surface area contributed by atoms with Gasteiger partial charge in [0.05, 0.1) is 26.4 Å². The summed E-state index contributed by atoms with van der Waals surface area (Å²) < 4.78 is 35.5. The first kappa shape index (κ1) is 35.5. The van der Waals surface area contributed by atoms with E-state index in [4.69, 9.17) is 33.2 Å². The molecule has 0 saturated carbocycles. The topological polar surface area (TPSA) is 153 Å². The number of hydrogen-bond donors (Lipinski definition) is 0. The van der Waals surface area contributed by atoms with Crippen molar-refractivity contribution in [2.75, 3.05) is 92.8 Å². The van der Waals surface area contributed by atoms with E-state index in [0.29, 0.717) is 59.0 Å². The molecule has 0 N–H and O–H groups in total. The number of ether oxygens (including phenoxy) is 7. The summed E-state index contributed by atoms with van der Waals surface area (Å²) in [5.74, 6) is -1.54. The number of carbonyl (C=O) groups excluding carboxylic acids is 5. The molecule has 220 valence electrons. The molecule has 0 spiro atoms. The summed E-state index contributed by atoms with van der Waals surface area (Å²) in [4.78, 5) is 58.9. The van der Waals surface area contributed by atoms with Crippen LogP contribution in [0.4, 0.5) is 0 Å². The predicted molar refractivity (Wildman–Crippen MR) is 133 cm³/mol. The normalized spacial score (nSPS) is 10.8. The highest BCUT2D eigenvalue weighted by atomic mass is 16.6. The zero-order valence-electron chi connectivity index (χ0n) is 22.9. The Labute approximate surface area is 224 Å². The van der Waals surface area contributed by atoms with Gasteiger partial charge in [0, 0.05) is 53.2 Å². The van der Waals surface area contributed by atoms with Crippen LogP contribution >= 0.6 is 0 Å². The summed E-state index contributed by atoms with van der Waals surface area (Å²) in [6.07, 6.45) is 1.61. The van der Waals surface area contributed by atoms with Gasteiger partial charge in [0.1, 0.15) is 38.8 Å². The summed E-state index contributed by atoms with van der Waals surface area (Å²) in [5.41, 5.74) is 0. The molecule has 0 aromatic heterocycles. The van der Waals surface area contributed by atoms with Gasteiger partial charge in [0.15, 0.2) is 5.78 Å². The first-order chi connectivity index (χ1) is 18.2. The van der Waals surface area contributed by atoms with Crippen molar-refractivity contribution in [3.8, 4) is 0 Å². The molecule has 0 amide bonds. The van der Waals surface area contributed by atoms with E-state index in [0.717, 1.165) is 0 Å². The van der Waals surface area contributed by atoms with Gasteiger partial charge >= 0.3 is 17.9 Å². The average molecular weight is 550 g/mol. The fourth-order valence-electron chi connectivity index (χ4n) is 2.88. The van der Waals surface area contributed by atoms with E-state index in [1.54, 1.807) is 4.90 Å². The van der Waals surface area contributed by atoms with Crippen molar-refractivity contribution in [1.29, 1.82) is 0 Å². The van der Waals surface area contributed by atoms with Gasteiger partial charge < -0.3 is 33.2 Å². The fourth-order valence-corrected chi connectivity index (χ4v) is 2.88. The van der Waals surface area contributed by atoms with Crippen molar-refractivity contribution < 1.29 is 57.1 Å². The van der Waals surface area contributed by atoms with Crippen LogP contribution < -0.4 is 0 Å². The van der Waals surface area contributed by atoms with Crippen molar-refractivity contribution >= 4 is 29.5 Å². The van der Waals surface area contributed by atoms with Crippen LogP contribution in [0, 0.1) is 0 Å². The molecule has 0 aromatic carbocycles. The number of ketones is 2. The zero-order valence-corrected chi connectivity index (χ0v) is 22.9. The van der Waals surface area contributed by atoms with Crippen molar-refractivity contribution in [3.05, 3.63) is 0 Å². The molecule has 0 bridgehead atoms. The summed E-state index contributed by atoms with van der Waals surface area (Å²) in [7, 11) is 1.54. The quantitative estimate of drug-likeness (QED) is 0.0829. The molecule has 0 unspecified atom stereocenters. The minimum absolute atomic E-state index is 0.0337. The van der Waals surface area contributed by atoms with E-state index in [1.165, 1.54) is 21.0 Å². The molecule has 0 aliphatic rings. The molecular formula is C25H43NO12. The van der Waals surface area contributed by atoms with E-state index in [2.05, 4.69) is 0 Å². The van der Waals surface area contributed by atoms with Crippen molar-refractivity contribution in [1.82, 2.24) is 4.90 Å². The number of Topliss-reactive ketones (excluding diaryl/α,β-unsaturated/α-hetero) is 2. The van der Waals surface area contributed by atoms with E-state index >= 15 is 0 Å². The van der Waals surface area contributed by atoms with Gasteiger partial charge in [-0.2, -0.15) is 0 Å². The molecule has 0 aliphatic heterocycles. The summed E-state index contributed by atoms with van der Waals surface area (Å²) in [6, 6.07) is 0. The van der Waals surface area contributed by atoms with Crippen molar-refractivity contribution in [2.45, 2.75) is 39.5 Å². The minimum Gasteiger partial charge on any atom is -0.465 e. The third kappa shape index (κ3) is 25.2. The molecular weight excluding hydrogens is 506 g/mol. The number of carbonyl (C=O) groups is 5. The van der Waals surface area contributed by atoms with Crippen LogP contribution in [0.5, 0.6) is 0 Å². The largest absolute Gasteiger partial charge is 0.465 e. The first-order valence-electron chi connectivity index (χ1n) is 12.6. The van der Waals surface area contributed by atoms with Crippen LogP contribution in [0.2, 0.25) is 0 Å². The Morgan fingerprint density at radius 1 is 0.605 bits per heavy atom. The Kier molecular flexibility index (Phi) is 23.3. The smallest absolute Gasteiger partial charge is 0.332 e. The lowest BCUT2D eigenvalue weighted by molar-refractivity contribution is -0.150. The standard InChI is InChI=1S/C25H43NO12/c1-21(27)18-26(8-12-36-22(2)28)9-13-37-25(31)20-35-19-23(29)6-4-10-33-15-16-34-11-5-7-24(30)38-17-14-32-3/h4-20H2,1-3H3. The van der Waals surface area contributed by atoms with Crippen LogP contribution in [0.15, 0.2) is 0 Å². The molecule has 0 heterocycles. The Morgan fingerprint density at radius 2 is 1.21 bits per heavy atom. The third-order valence-electron chi connectivity index (χ3n) is 4.65. The number of hydrogen-bond acceptors (Lipinski definition) is 13. The molecule has 0 radical (unpaired) electrons. The van der Waals surface area contributed by atoms with Gasteiger partial charge in [-0.1, -0.05) is 0 Å². The van der Waals surface area contributed by atoms with E-state index in [1.807, 2.05) is 0 Å². The molecule has 0 aliphatic carbocycles. The van der Waals surface area contributed by atoms with Crippen molar-refractivity contribution in [3.63, 3.8) is 0 Å². The lowest BCUT2D eigenvalue weighted by Crippen LogP contribution is -2.35. The maximum atomic E-state index is 11.8. The zero-order chi connectivity index (χ0) is 28.4. The molecule has 0 saturated heterocycles. The second-order valence-corrected chi connectivity index (χ2v) is 8.22. The van der Waals surface area contributed by atoms with Crippen LogP contribution in [0.1, 0.15) is 39.5 Å². The molecule has 0 rings (SSSR count). The lowest BCUT2D eigenvalue weighted by atomic mass is 10.2. The van der Waals surface area contributed by atoms with Crippen LogP contribution in [0.3, 0.4) is 0 Å². The maximum Gasteiger partial charge on any atom is 0.332 e. The Bertz CT molecular complexity index is 685. The molecule has 13 nitrogen and oxygen atoms in total. The van der Waals surface area contributed by atoms with Gasteiger partial charge in [-0.3, -0.25) is 24.1 Å². The second-order valence-electron chi connectivity index (χ2n) is 8.22. The second kappa shape index (κ2) is 24.9. The molecule has 38 heavy (non-hydrogen) atoms. The molecule has 0 atom stereocenters. The number of rotatable bonds is 26. The molecule has 0 aromatic rings. The summed E-state index contributed by atoms with van der Waals surface area (Å²) in [5, 5.41) is 0. The Morgan fingerprint density at radius 3 is 1.82 bits per heavy atom. The fraction of sp³-hybridized carbons (Fsp3) is 0.800. The highest BCUT2D eigenvalue weighted by Gasteiger charge is 2.11. The maximum absolute atomic E-state index is 11.8. The van der Waals surface area contributed by atoms with Gasteiger partial charge in [0.25, 0.3) is 0 Å². The predicted octanol–water partition coefficient (Wildman–Crippen LogP) is 0.353. The van der Waals surface area contributed by atoms with E-state index in [-0.39, 0.29) is 70.0 Å². The van der Waals surface area contributed by atoms with E-state index < -0.39 is 11.9 Å². The van der Waals surface area contributed by atoms with E-state index in [9.17, 15) is 24.0 Å². The number of esters is 3. The van der Waals surface area contributed by atoms with Gasteiger partial charge in [0.2, 0.25) is 0 Å². The number of nitrogens with zero attached hydrogens (tertiary/aromatic N) is 1. The highest BCUT2D eigenvalue weighted by Crippen LogP contribution is 1.97. The SMILES string of the molecule is COCCOC(=O)CCCOCCOCCCC(=O)COCC(=O)OCCN(CCOC(C)=O)CC(C)=O. The Balaban J connectivity index is 3.65. The van der Waals surface area contributed by atoms with Crippen molar-refractivity contribution in [2.24, 2.45) is 0 Å². The summed E-state index contributed by atoms with van der Waals surface area (Å²) in [6.45, 7) is 5.32. The summed E-state index contributed by atoms with van der Waals surface area (Å²) >= 11 is 0. The number of methoxy groups -OCH3 is 1. The van der Waals surface area contributed by atoms with Gasteiger partial charge in [-0.15, -0.1) is 0 Å². The molecule has 13 heteroatoms. The van der Waals surface area contributed by atoms with Crippen LogP contribution in [-0.4, -0.2) is 127 Å². The molecule has 0 fully saturated rings. The van der Waals surface area contributed by atoms with Crippen LogP contribution in [0.25, 0.3) is 0 Å². The third-order valence-corrected chi connectivity index (χ3v) is 4.65.